The molecule has 0 heterocycles. The van der Waals surface area contributed by atoms with Crippen molar-refractivity contribution in [2.45, 2.75) is 26.6 Å². The van der Waals surface area contributed by atoms with Gasteiger partial charge in [0.1, 0.15) is 0 Å². The Morgan fingerprint density at radius 1 is 1.31 bits per heavy atom. The fourth-order valence-corrected chi connectivity index (χ4v) is 1.71. The van der Waals surface area contributed by atoms with Crippen LogP contribution in [0.4, 0.5) is 0 Å². The normalized spacial score (nSPS) is 10.7. The van der Waals surface area contributed by atoms with Crippen molar-refractivity contribution in [1.29, 1.82) is 0 Å². The molecule has 0 atom stereocenters. The van der Waals surface area contributed by atoms with E-state index in [0.717, 1.165) is 16.5 Å². The summed E-state index contributed by atoms with van der Waals surface area (Å²) in [4.78, 5) is 0. The molecule has 0 fully saturated rings. The van der Waals surface area contributed by atoms with Gasteiger partial charge in [-0.05, 0) is 26.1 Å². The van der Waals surface area contributed by atoms with E-state index in [2.05, 4.69) is 0 Å². The molecule has 0 spiro atoms. The Kier molecular flexibility index (Phi) is 8.64. The molecular weight excluding hydrogens is 204 g/mol. The fraction of sp³-hybridized carbons (Fsp3) is 0.875. The zero-order chi connectivity index (χ0) is 10.1. The quantitative estimate of drug-likeness (QED) is 0.355. The number of ether oxygens (including phenoxy) is 3. The first-order chi connectivity index (χ1) is 6.24. The van der Waals surface area contributed by atoms with Gasteiger partial charge in [0.15, 0.2) is 11.3 Å². The molecule has 0 aromatic rings. The van der Waals surface area contributed by atoms with E-state index >= 15 is 0 Å². The highest BCUT2D eigenvalue weighted by molar-refractivity contribution is 7.80. The van der Waals surface area contributed by atoms with Gasteiger partial charge in [0.25, 0.3) is 0 Å². The van der Waals surface area contributed by atoms with Gasteiger partial charge in [-0.1, -0.05) is 0 Å². The molecule has 0 saturated heterocycles. The molecule has 0 rings (SSSR count). The number of hydrogen-bond acceptors (Lipinski definition) is 4. The number of thiocarbonyl (C=S) groups is 1. The van der Waals surface area contributed by atoms with Gasteiger partial charge in [-0.3, -0.25) is 0 Å². The molecule has 0 aliphatic heterocycles. The molecule has 0 aromatic heterocycles. The van der Waals surface area contributed by atoms with Crippen LogP contribution in [0.2, 0.25) is 0 Å². The standard InChI is InChI=1S/C8H18O3SSi/c1-3-9-7(10-4-2)5-8(12)11-6-13/h7H,3-6H2,1-2,13H3. The van der Waals surface area contributed by atoms with Crippen LogP contribution in [-0.4, -0.2) is 41.0 Å². The molecule has 0 aliphatic rings. The van der Waals surface area contributed by atoms with Crippen molar-refractivity contribution >= 4 is 27.5 Å². The third kappa shape index (κ3) is 7.13. The molecule has 3 nitrogen and oxygen atoms in total. The summed E-state index contributed by atoms with van der Waals surface area (Å²) in [5.74, 6) is 0. The highest BCUT2D eigenvalue weighted by atomic mass is 32.1. The van der Waals surface area contributed by atoms with Crippen LogP contribution in [0.5, 0.6) is 0 Å². The van der Waals surface area contributed by atoms with Crippen LogP contribution in [0.1, 0.15) is 20.3 Å². The summed E-state index contributed by atoms with van der Waals surface area (Å²) in [5, 5.41) is 0.585. The summed E-state index contributed by atoms with van der Waals surface area (Å²) in [5.41, 5.74) is 0. The molecule has 0 unspecified atom stereocenters. The maximum Gasteiger partial charge on any atom is 0.165 e. The Morgan fingerprint density at radius 3 is 2.23 bits per heavy atom. The van der Waals surface area contributed by atoms with E-state index in [9.17, 15) is 0 Å². The van der Waals surface area contributed by atoms with Crippen molar-refractivity contribution < 1.29 is 14.2 Å². The lowest BCUT2D eigenvalue weighted by atomic mass is 10.4. The largest absolute Gasteiger partial charge is 0.492 e. The molecule has 0 N–H and O–H groups in total. The molecule has 0 radical (unpaired) electrons. The molecule has 0 saturated carbocycles. The SMILES string of the molecule is CCOC(CC(=S)OC[SiH3])OCC. The summed E-state index contributed by atoms with van der Waals surface area (Å²) in [7, 11) is 1.00. The first-order valence-corrected chi connectivity index (χ1v) is 6.45. The third-order valence-corrected chi connectivity index (χ3v) is 1.92. The Balaban J connectivity index is 3.71. The summed E-state index contributed by atoms with van der Waals surface area (Å²) >= 11 is 5.00. The zero-order valence-electron chi connectivity index (χ0n) is 8.54. The average Bonchev–Trinajstić information content (AvgIpc) is 2.05. The predicted octanol–water partition coefficient (Wildman–Crippen LogP) is 0.443. The summed E-state index contributed by atoms with van der Waals surface area (Å²) in [6, 6.07) is 0. The Labute approximate surface area is 88.2 Å². The van der Waals surface area contributed by atoms with Gasteiger partial charge in [-0.15, -0.1) is 0 Å². The highest BCUT2D eigenvalue weighted by Gasteiger charge is 2.11. The molecule has 0 bridgehead atoms. The van der Waals surface area contributed by atoms with Crippen molar-refractivity contribution in [3.05, 3.63) is 0 Å². The first kappa shape index (κ1) is 13.0. The van der Waals surface area contributed by atoms with Gasteiger partial charge in [0, 0.05) is 13.2 Å². The number of rotatable bonds is 7. The van der Waals surface area contributed by atoms with Crippen LogP contribution < -0.4 is 0 Å². The molecular formula is C8H18O3SSi. The lowest BCUT2D eigenvalue weighted by Gasteiger charge is -2.16. The maximum atomic E-state index is 5.32. The average molecular weight is 222 g/mol. The summed E-state index contributed by atoms with van der Waals surface area (Å²) in [6.45, 7) is 5.13. The molecule has 13 heavy (non-hydrogen) atoms. The molecule has 0 amide bonds. The third-order valence-electron chi connectivity index (χ3n) is 1.34. The van der Waals surface area contributed by atoms with Crippen LogP contribution in [-0.2, 0) is 14.2 Å². The van der Waals surface area contributed by atoms with Crippen LogP contribution in [0, 0.1) is 0 Å². The van der Waals surface area contributed by atoms with Crippen molar-refractivity contribution in [1.82, 2.24) is 0 Å². The van der Waals surface area contributed by atoms with Crippen molar-refractivity contribution in [2.24, 2.45) is 0 Å². The summed E-state index contributed by atoms with van der Waals surface area (Å²) < 4.78 is 15.8. The second kappa shape index (κ2) is 8.62. The van der Waals surface area contributed by atoms with Gasteiger partial charge < -0.3 is 14.2 Å². The topological polar surface area (TPSA) is 27.7 Å². The van der Waals surface area contributed by atoms with E-state index < -0.39 is 0 Å². The molecule has 78 valence electrons. The minimum atomic E-state index is -0.240. The summed E-state index contributed by atoms with van der Waals surface area (Å²) in [6.07, 6.45) is 1.05. The van der Waals surface area contributed by atoms with Crippen molar-refractivity contribution in [3.63, 3.8) is 0 Å². The van der Waals surface area contributed by atoms with Gasteiger partial charge >= 0.3 is 0 Å². The monoisotopic (exact) mass is 222 g/mol. The van der Waals surface area contributed by atoms with Gasteiger partial charge in [-0.25, -0.2) is 0 Å². The van der Waals surface area contributed by atoms with Crippen LogP contribution in [0.25, 0.3) is 0 Å². The smallest absolute Gasteiger partial charge is 0.165 e. The second-order valence-corrected chi connectivity index (χ2v) is 3.38. The van der Waals surface area contributed by atoms with Crippen molar-refractivity contribution in [3.8, 4) is 0 Å². The fourth-order valence-electron chi connectivity index (χ4n) is 0.894. The zero-order valence-corrected chi connectivity index (χ0v) is 11.4. The van der Waals surface area contributed by atoms with Crippen molar-refractivity contribution in [2.75, 3.05) is 19.4 Å². The van der Waals surface area contributed by atoms with E-state index in [-0.39, 0.29) is 6.29 Å². The molecule has 5 heteroatoms. The van der Waals surface area contributed by atoms with Gasteiger partial charge in [0.2, 0.25) is 0 Å². The second-order valence-electron chi connectivity index (χ2n) is 2.35. The number of hydrogen-bond donors (Lipinski definition) is 0. The lowest BCUT2D eigenvalue weighted by molar-refractivity contribution is -0.131. The predicted molar refractivity (Wildman–Crippen MR) is 60.1 cm³/mol. The Bertz CT molecular complexity index is 137. The lowest BCUT2D eigenvalue weighted by Crippen LogP contribution is -2.22. The molecule has 0 aliphatic carbocycles. The van der Waals surface area contributed by atoms with E-state index in [1.807, 2.05) is 13.8 Å². The minimum absolute atomic E-state index is 0.240. The van der Waals surface area contributed by atoms with Gasteiger partial charge in [0.05, 0.1) is 22.9 Å². The van der Waals surface area contributed by atoms with E-state index in [1.165, 1.54) is 0 Å². The Morgan fingerprint density at radius 2 is 1.85 bits per heavy atom. The first-order valence-electron chi connectivity index (χ1n) is 4.63. The highest BCUT2D eigenvalue weighted by Crippen LogP contribution is 2.03. The van der Waals surface area contributed by atoms with E-state index in [0.29, 0.717) is 24.7 Å². The van der Waals surface area contributed by atoms with Gasteiger partial charge in [-0.2, -0.15) is 0 Å². The Hall–Kier alpha value is 0.0269. The van der Waals surface area contributed by atoms with Crippen LogP contribution in [0.15, 0.2) is 0 Å². The van der Waals surface area contributed by atoms with E-state index in [1.54, 1.807) is 0 Å². The van der Waals surface area contributed by atoms with E-state index in [4.69, 9.17) is 26.4 Å². The molecule has 0 aromatic carbocycles. The van der Waals surface area contributed by atoms with Crippen LogP contribution in [0.3, 0.4) is 0 Å². The maximum absolute atomic E-state index is 5.32. The van der Waals surface area contributed by atoms with Crippen LogP contribution >= 0.6 is 12.2 Å². The minimum Gasteiger partial charge on any atom is -0.492 e.